The summed E-state index contributed by atoms with van der Waals surface area (Å²) in [6.45, 7) is 4.33. The number of ether oxygens (including phenoxy) is 1. The predicted octanol–water partition coefficient (Wildman–Crippen LogP) is 4.18. The van der Waals surface area contributed by atoms with Gasteiger partial charge in [-0.1, -0.05) is 43.3 Å². The Morgan fingerprint density at radius 3 is 2.63 bits per heavy atom. The van der Waals surface area contributed by atoms with Crippen molar-refractivity contribution >= 4 is 5.69 Å². The van der Waals surface area contributed by atoms with E-state index in [-0.39, 0.29) is 12.1 Å². The maximum absolute atomic E-state index is 6.17. The van der Waals surface area contributed by atoms with E-state index in [1.54, 1.807) is 0 Å². The summed E-state index contributed by atoms with van der Waals surface area (Å²) in [4.78, 5) is 0. The summed E-state index contributed by atoms with van der Waals surface area (Å²) in [5, 5.41) is 3.56. The first-order valence-electron chi connectivity index (χ1n) is 6.89. The molecule has 0 fully saturated rings. The number of benzene rings is 2. The van der Waals surface area contributed by atoms with Crippen LogP contribution in [-0.2, 0) is 6.42 Å². The molecule has 0 amide bonds. The van der Waals surface area contributed by atoms with Gasteiger partial charge in [-0.15, -0.1) is 0 Å². The van der Waals surface area contributed by atoms with E-state index in [2.05, 4.69) is 61.6 Å². The first-order chi connectivity index (χ1) is 9.28. The molecule has 1 aliphatic rings. The van der Waals surface area contributed by atoms with E-state index in [9.17, 15) is 0 Å². The normalized spacial score (nSPS) is 21.2. The molecule has 0 aliphatic carbocycles. The molecule has 0 saturated carbocycles. The monoisotopic (exact) mass is 253 g/mol. The van der Waals surface area contributed by atoms with Crippen LogP contribution in [0, 0.1) is 0 Å². The van der Waals surface area contributed by atoms with E-state index in [0.29, 0.717) is 0 Å². The molecular weight excluding hydrogens is 234 g/mol. The lowest BCUT2D eigenvalue weighted by Crippen LogP contribution is -2.32. The Morgan fingerprint density at radius 1 is 1.11 bits per heavy atom. The van der Waals surface area contributed by atoms with E-state index in [0.717, 1.165) is 17.9 Å². The summed E-state index contributed by atoms with van der Waals surface area (Å²) in [5.41, 5.74) is 3.66. The van der Waals surface area contributed by atoms with Crippen LogP contribution in [0.5, 0.6) is 5.75 Å². The lowest BCUT2D eigenvalue weighted by atomic mass is 10.0. The van der Waals surface area contributed by atoms with Gasteiger partial charge >= 0.3 is 0 Å². The molecule has 2 unspecified atom stereocenters. The van der Waals surface area contributed by atoms with Crippen LogP contribution >= 0.6 is 0 Å². The van der Waals surface area contributed by atoms with Crippen molar-refractivity contribution in [3.05, 3.63) is 59.7 Å². The van der Waals surface area contributed by atoms with Crippen LogP contribution in [0.15, 0.2) is 48.5 Å². The number of hydrogen-bond donors (Lipinski definition) is 1. The minimum atomic E-state index is 0.0705. The van der Waals surface area contributed by atoms with Crippen molar-refractivity contribution in [2.45, 2.75) is 32.4 Å². The fourth-order valence-corrected chi connectivity index (χ4v) is 2.57. The molecule has 2 aromatic rings. The van der Waals surface area contributed by atoms with Gasteiger partial charge in [0, 0.05) is 0 Å². The zero-order chi connectivity index (χ0) is 13.2. The fraction of sp³-hybridized carbons (Fsp3) is 0.294. The molecule has 1 aliphatic heterocycles. The molecule has 2 aromatic carbocycles. The molecule has 0 bridgehead atoms. The highest BCUT2D eigenvalue weighted by Crippen LogP contribution is 2.37. The van der Waals surface area contributed by atoms with E-state index in [4.69, 9.17) is 4.74 Å². The predicted molar refractivity (Wildman–Crippen MR) is 78.7 cm³/mol. The average molecular weight is 253 g/mol. The van der Waals surface area contributed by atoms with Gasteiger partial charge in [0.15, 0.2) is 0 Å². The van der Waals surface area contributed by atoms with Crippen LogP contribution < -0.4 is 10.1 Å². The van der Waals surface area contributed by atoms with Crippen LogP contribution in [-0.4, -0.2) is 6.04 Å². The van der Waals surface area contributed by atoms with Crippen molar-refractivity contribution in [3.8, 4) is 5.75 Å². The van der Waals surface area contributed by atoms with Crippen molar-refractivity contribution < 1.29 is 4.74 Å². The molecule has 0 spiro atoms. The second kappa shape index (κ2) is 4.96. The summed E-state index contributed by atoms with van der Waals surface area (Å²) in [7, 11) is 0. The zero-order valence-corrected chi connectivity index (χ0v) is 11.4. The van der Waals surface area contributed by atoms with Crippen molar-refractivity contribution in [2.24, 2.45) is 0 Å². The third kappa shape index (κ3) is 2.30. The maximum Gasteiger partial charge on any atom is 0.144 e. The molecule has 0 aromatic heterocycles. The minimum absolute atomic E-state index is 0.0705. The minimum Gasteiger partial charge on any atom is -0.481 e. The van der Waals surface area contributed by atoms with Crippen LogP contribution in [0.25, 0.3) is 0 Å². The first-order valence-corrected chi connectivity index (χ1v) is 6.89. The van der Waals surface area contributed by atoms with Crippen LogP contribution in [0.2, 0.25) is 0 Å². The SMILES string of the molecule is CCc1ccc2c(c1)NC(C)C(c1ccccc1)O2. The first kappa shape index (κ1) is 12.1. The van der Waals surface area contributed by atoms with Gasteiger partial charge in [0.2, 0.25) is 0 Å². The van der Waals surface area contributed by atoms with Crippen LogP contribution in [0.1, 0.15) is 31.1 Å². The number of hydrogen-bond acceptors (Lipinski definition) is 2. The Hall–Kier alpha value is -1.96. The molecule has 2 nitrogen and oxygen atoms in total. The zero-order valence-electron chi connectivity index (χ0n) is 11.4. The summed E-state index contributed by atoms with van der Waals surface area (Å²) < 4.78 is 6.17. The lowest BCUT2D eigenvalue weighted by Gasteiger charge is -2.33. The molecule has 0 radical (unpaired) electrons. The Kier molecular flexibility index (Phi) is 3.16. The molecule has 2 atom stereocenters. The quantitative estimate of drug-likeness (QED) is 0.866. The van der Waals surface area contributed by atoms with Gasteiger partial charge in [-0.05, 0) is 36.6 Å². The Morgan fingerprint density at radius 2 is 1.89 bits per heavy atom. The van der Waals surface area contributed by atoms with Gasteiger partial charge in [-0.3, -0.25) is 0 Å². The van der Waals surface area contributed by atoms with E-state index in [1.165, 1.54) is 11.1 Å². The second-order valence-corrected chi connectivity index (χ2v) is 5.07. The van der Waals surface area contributed by atoms with E-state index < -0.39 is 0 Å². The summed E-state index contributed by atoms with van der Waals surface area (Å²) in [6, 6.07) is 17.0. The highest BCUT2D eigenvalue weighted by atomic mass is 16.5. The second-order valence-electron chi connectivity index (χ2n) is 5.07. The highest BCUT2D eigenvalue weighted by molar-refractivity contribution is 5.60. The molecule has 19 heavy (non-hydrogen) atoms. The molecule has 0 saturated heterocycles. The number of aryl methyl sites for hydroxylation is 1. The third-order valence-corrected chi connectivity index (χ3v) is 3.67. The average Bonchev–Trinajstić information content (AvgIpc) is 2.47. The van der Waals surface area contributed by atoms with Gasteiger partial charge in [-0.2, -0.15) is 0 Å². The lowest BCUT2D eigenvalue weighted by molar-refractivity contribution is 0.177. The molecule has 2 heteroatoms. The molecule has 1 N–H and O–H groups in total. The summed E-state index contributed by atoms with van der Waals surface area (Å²) >= 11 is 0. The molecule has 1 heterocycles. The molecular formula is C17H19NO. The van der Waals surface area contributed by atoms with Gasteiger partial charge in [0.05, 0.1) is 11.7 Å². The Labute approximate surface area is 114 Å². The molecule has 3 rings (SSSR count). The standard InChI is InChI=1S/C17H19NO/c1-3-13-9-10-16-15(11-13)18-12(2)17(19-16)14-7-5-4-6-8-14/h4-12,17-18H,3H2,1-2H3. The fourth-order valence-electron chi connectivity index (χ4n) is 2.57. The van der Waals surface area contributed by atoms with Gasteiger partial charge < -0.3 is 10.1 Å². The van der Waals surface area contributed by atoms with Crippen molar-refractivity contribution in [3.63, 3.8) is 0 Å². The van der Waals surface area contributed by atoms with Gasteiger partial charge in [0.25, 0.3) is 0 Å². The Bertz CT molecular complexity index is 565. The number of nitrogens with one attached hydrogen (secondary N) is 1. The van der Waals surface area contributed by atoms with Crippen LogP contribution in [0.4, 0.5) is 5.69 Å². The number of rotatable bonds is 2. The Balaban J connectivity index is 1.92. The van der Waals surface area contributed by atoms with Gasteiger partial charge in [-0.25, -0.2) is 0 Å². The van der Waals surface area contributed by atoms with Crippen molar-refractivity contribution in [1.82, 2.24) is 0 Å². The summed E-state index contributed by atoms with van der Waals surface area (Å²) in [6.07, 6.45) is 1.12. The maximum atomic E-state index is 6.17. The number of fused-ring (bicyclic) bond motifs is 1. The van der Waals surface area contributed by atoms with E-state index >= 15 is 0 Å². The van der Waals surface area contributed by atoms with Crippen molar-refractivity contribution in [1.29, 1.82) is 0 Å². The number of anilines is 1. The smallest absolute Gasteiger partial charge is 0.144 e. The van der Waals surface area contributed by atoms with Gasteiger partial charge in [0.1, 0.15) is 11.9 Å². The van der Waals surface area contributed by atoms with E-state index in [1.807, 2.05) is 6.07 Å². The van der Waals surface area contributed by atoms with Crippen LogP contribution in [0.3, 0.4) is 0 Å². The molecule has 98 valence electrons. The largest absolute Gasteiger partial charge is 0.481 e. The summed E-state index contributed by atoms with van der Waals surface area (Å²) in [5.74, 6) is 0.948. The topological polar surface area (TPSA) is 21.3 Å². The third-order valence-electron chi connectivity index (χ3n) is 3.67. The highest BCUT2D eigenvalue weighted by Gasteiger charge is 2.27. The van der Waals surface area contributed by atoms with Crippen molar-refractivity contribution in [2.75, 3.05) is 5.32 Å².